The Morgan fingerprint density at radius 1 is 1.58 bits per heavy atom. The number of rotatable bonds is 3. The van der Waals surface area contributed by atoms with E-state index in [0.717, 1.165) is 16.1 Å². The number of thiazole rings is 1. The molecule has 0 spiro atoms. The number of nitrogens with zero attached hydrogens (tertiary/aromatic N) is 1. The Kier molecular flexibility index (Phi) is 4.68. The fraction of sp³-hybridized carbons (Fsp3) is 0.231. The largest absolute Gasteiger partial charge is 0.346 e. The number of hydrogen-bond acceptors (Lipinski definition) is 5. The number of nitrogens with two attached hydrogens (primary N) is 1. The van der Waals surface area contributed by atoms with E-state index < -0.39 is 0 Å². The molecule has 0 saturated heterocycles. The minimum absolute atomic E-state index is 0.0955. The van der Waals surface area contributed by atoms with E-state index in [9.17, 15) is 4.79 Å². The van der Waals surface area contributed by atoms with E-state index in [4.69, 9.17) is 5.73 Å². The molecule has 0 aliphatic heterocycles. The van der Waals surface area contributed by atoms with Gasteiger partial charge in [0.15, 0.2) is 0 Å². The molecular formula is C13H13N3OS2. The summed E-state index contributed by atoms with van der Waals surface area (Å²) in [4.78, 5) is 17.7. The van der Waals surface area contributed by atoms with Crippen molar-refractivity contribution in [2.45, 2.75) is 13.5 Å². The second-order valence-electron chi connectivity index (χ2n) is 3.79. The molecule has 0 aliphatic carbocycles. The van der Waals surface area contributed by atoms with Gasteiger partial charge in [-0.2, -0.15) is 0 Å². The van der Waals surface area contributed by atoms with Gasteiger partial charge >= 0.3 is 0 Å². The summed E-state index contributed by atoms with van der Waals surface area (Å²) < 4.78 is 0. The van der Waals surface area contributed by atoms with Crippen LogP contribution in [-0.4, -0.2) is 17.4 Å². The zero-order valence-corrected chi connectivity index (χ0v) is 12.0. The Morgan fingerprint density at radius 2 is 2.42 bits per heavy atom. The van der Waals surface area contributed by atoms with Crippen molar-refractivity contribution in [1.29, 1.82) is 0 Å². The van der Waals surface area contributed by atoms with Crippen LogP contribution in [0.1, 0.15) is 25.8 Å². The van der Waals surface area contributed by atoms with Gasteiger partial charge < -0.3 is 11.1 Å². The van der Waals surface area contributed by atoms with Gasteiger partial charge in [0.2, 0.25) is 0 Å². The number of aromatic nitrogens is 1. The Morgan fingerprint density at radius 3 is 3.11 bits per heavy atom. The summed E-state index contributed by atoms with van der Waals surface area (Å²) >= 11 is 2.90. The van der Waals surface area contributed by atoms with Crippen molar-refractivity contribution in [1.82, 2.24) is 10.3 Å². The Hall–Kier alpha value is -1.68. The van der Waals surface area contributed by atoms with Gasteiger partial charge in [0.05, 0.1) is 34.0 Å². The molecule has 2 aromatic rings. The van der Waals surface area contributed by atoms with Crippen molar-refractivity contribution in [2.75, 3.05) is 6.54 Å². The fourth-order valence-electron chi connectivity index (χ4n) is 1.43. The molecule has 0 aromatic carbocycles. The van der Waals surface area contributed by atoms with Crippen LogP contribution in [0, 0.1) is 18.8 Å². The Balaban J connectivity index is 2.03. The van der Waals surface area contributed by atoms with Gasteiger partial charge in [-0.25, -0.2) is 4.98 Å². The van der Waals surface area contributed by atoms with Gasteiger partial charge in [-0.05, 0) is 18.6 Å². The molecule has 2 aromatic heterocycles. The smallest absolute Gasteiger partial charge is 0.261 e. The molecule has 0 radical (unpaired) electrons. The summed E-state index contributed by atoms with van der Waals surface area (Å²) in [6.07, 6.45) is 0. The molecule has 6 heteroatoms. The van der Waals surface area contributed by atoms with Gasteiger partial charge in [-0.1, -0.05) is 11.8 Å². The summed E-state index contributed by atoms with van der Waals surface area (Å²) in [5.41, 5.74) is 8.96. The number of thiophene rings is 1. The fourth-order valence-corrected chi connectivity index (χ4v) is 2.95. The summed E-state index contributed by atoms with van der Waals surface area (Å²) in [6, 6.07) is 1.85. The third-order valence-electron chi connectivity index (χ3n) is 2.36. The third kappa shape index (κ3) is 3.64. The maximum absolute atomic E-state index is 12.0. The predicted octanol–water partition coefficient (Wildman–Crippen LogP) is 1.75. The van der Waals surface area contributed by atoms with Crippen molar-refractivity contribution >= 4 is 28.6 Å². The van der Waals surface area contributed by atoms with Crippen LogP contribution < -0.4 is 11.1 Å². The van der Waals surface area contributed by atoms with E-state index in [1.807, 2.05) is 18.4 Å². The number of amides is 1. The van der Waals surface area contributed by atoms with Crippen molar-refractivity contribution in [3.05, 3.63) is 38.0 Å². The lowest BCUT2D eigenvalue weighted by atomic mass is 10.2. The highest BCUT2D eigenvalue weighted by Gasteiger charge is 2.11. The summed E-state index contributed by atoms with van der Waals surface area (Å²) in [5.74, 6) is 5.67. The number of nitrogens with one attached hydrogen (secondary N) is 1. The molecule has 4 nitrogen and oxygen atoms in total. The van der Waals surface area contributed by atoms with Crippen molar-refractivity contribution in [3.8, 4) is 11.8 Å². The molecule has 19 heavy (non-hydrogen) atoms. The first-order valence-corrected chi connectivity index (χ1v) is 7.41. The van der Waals surface area contributed by atoms with Crippen molar-refractivity contribution in [3.63, 3.8) is 0 Å². The first kappa shape index (κ1) is 13.7. The van der Waals surface area contributed by atoms with E-state index in [2.05, 4.69) is 22.1 Å². The molecular weight excluding hydrogens is 278 g/mol. The molecule has 0 aliphatic rings. The zero-order valence-electron chi connectivity index (χ0n) is 10.4. The average molecular weight is 291 g/mol. The minimum Gasteiger partial charge on any atom is -0.346 e. The maximum atomic E-state index is 12.0. The van der Waals surface area contributed by atoms with Crippen molar-refractivity contribution in [2.24, 2.45) is 5.73 Å². The average Bonchev–Trinajstić information content (AvgIpc) is 3.03. The summed E-state index contributed by atoms with van der Waals surface area (Å²) in [7, 11) is 0. The van der Waals surface area contributed by atoms with Crippen LogP contribution in [0.15, 0.2) is 17.0 Å². The monoisotopic (exact) mass is 291 g/mol. The molecule has 2 heterocycles. The highest BCUT2D eigenvalue weighted by Crippen LogP contribution is 2.20. The first-order valence-electron chi connectivity index (χ1n) is 5.65. The van der Waals surface area contributed by atoms with Crippen LogP contribution in [0.25, 0.3) is 0 Å². The quantitative estimate of drug-likeness (QED) is 0.847. The molecule has 2 rings (SSSR count). The number of carbonyl (C=O) groups excluding carboxylic acids is 1. The predicted molar refractivity (Wildman–Crippen MR) is 78.3 cm³/mol. The van der Waals surface area contributed by atoms with E-state index in [1.165, 1.54) is 22.7 Å². The molecule has 0 atom stereocenters. The van der Waals surface area contributed by atoms with E-state index in [1.54, 1.807) is 5.51 Å². The number of hydrogen-bond donors (Lipinski definition) is 2. The van der Waals surface area contributed by atoms with Crippen LogP contribution in [0.2, 0.25) is 0 Å². The van der Waals surface area contributed by atoms with E-state index in [-0.39, 0.29) is 5.91 Å². The topological polar surface area (TPSA) is 68.0 Å². The second kappa shape index (κ2) is 6.48. The van der Waals surface area contributed by atoms with Gasteiger partial charge in [-0.15, -0.1) is 22.7 Å². The summed E-state index contributed by atoms with van der Waals surface area (Å²) in [5, 5.41) is 4.76. The number of aryl methyl sites for hydroxylation is 1. The molecule has 0 saturated carbocycles. The normalized spacial score (nSPS) is 9.79. The lowest BCUT2D eigenvalue weighted by Crippen LogP contribution is -2.21. The zero-order chi connectivity index (χ0) is 13.7. The molecule has 1 amide bonds. The van der Waals surface area contributed by atoms with Crippen LogP contribution in [0.5, 0.6) is 0 Å². The van der Waals surface area contributed by atoms with Crippen LogP contribution >= 0.6 is 22.7 Å². The van der Waals surface area contributed by atoms with Crippen molar-refractivity contribution < 1.29 is 4.79 Å². The van der Waals surface area contributed by atoms with E-state index in [0.29, 0.717) is 18.0 Å². The molecule has 0 unspecified atom stereocenters. The SMILES string of the molecule is Cc1cc(C(=O)NCc2cscn2)sc1C#CCN. The summed E-state index contributed by atoms with van der Waals surface area (Å²) in [6.45, 7) is 2.71. The minimum atomic E-state index is -0.0955. The van der Waals surface area contributed by atoms with Crippen LogP contribution in [0.4, 0.5) is 0 Å². The maximum Gasteiger partial charge on any atom is 0.261 e. The number of carbonyl (C=O) groups is 1. The van der Waals surface area contributed by atoms with Crippen LogP contribution in [-0.2, 0) is 6.54 Å². The van der Waals surface area contributed by atoms with E-state index >= 15 is 0 Å². The lowest BCUT2D eigenvalue weighted by molar-refractivity contribution is 0.0954. The van der Waals surface area contributed by atoms with Gasteiger partial charge in [0.25, 0.3) is 5.91 Å². The molecule has 0 bridgehead atoms. The molecule has 98 valence electrons. The van der Waals surface area contributed by atoms with Crippen LogP contribution in [0.3, 0.4) is 0 Å². The molecule has 0 fully saturated rings. The van der Waals surface area contributed by atoms with Gasteiger partial charge in [-0.3, -0.25) is 4.79 Å². The highest BCUT2D eigenvalue weighted by molar-refractivity contribution is 7.14. The van der Waals surface area contributed by atoms with Gasteiger partial charge in [0, 0.05) is 5.38 Å². The Bertz CT molecular complexity index is 620. The first-order chi connectivity index (χ1) is 9.20. The molecule has 3 N–H and O–H groups in total. The highest BCUT2D eigenvalue weighted by atomic mass is 32.1. The standard InChI is InChI=1S/C13H13N3OS2/c1-9-5-12(19-11(9)3-2-4-14)13(17)15-6-10-7-18-8-16-10/h5,7-8H,4,6,14H2,1H3,(H,15,17). The lowest BCUT2D eigenvalue weighted by Gasteiger charge is -1.99. The third-order valence-corrected chi connectivity index (χ3v) is 4.15. The Labute approximate surface area is 119 Å². The second-order valence-corrected chi connectivity index (χ2v) is 5.56. The van der Waals surface area contributed by atoms with Gasteiger partial charge in [0.1, 0.15) is 0 Å².